The Morgan fingerprint density at radius 3 is 2.45 bits per heavy atom. The van der Waals surface area contributed by atoms with Crippen LogP contribution < -0.4 is 14.8 Å². The average Bonchev–Trinajstić information content (AvgIpc) is 3.59. The summed E-state index contributed by atoms with van der Waals surface area (Å²) in [7, 11) is 1.64. The Kier molecular flexibility index (Phi) is 6.81. The molecule has 5 nitrogen and oxygen atoms in total. The molecule has 1 saturated carbocycles. The van der Waals surface area contributed by atoms with E-state index in [1.54, 1.807) is 7.11 Å². The molecular weight excluding hydrogens is 388 g/mol. The lowest BCUT2D eigenvalue weighted by Gasteiger charge is -2.36. The summed E-state index contributed by atoms with van der Waals surface area (Å²) in [6, 6.07) is 15.1. The molecule has 0 spiro atoms. The highest BCUT2D eigenvalue weighted by molar-refractivity contribution is 5.97. The van der Waals surface area contributed by atoms with Crippen LogP contribution in [0.1, 0.15) is 54.1 Å². The number of carbonyl (C=O) groups excluding carboxylic acids is 1. The van der Waals surface area contributed by atoms with Crippen molar-refractivity contribution in [1.82, 2.24) is 10.2 Å². The Bertz CT molecular complexity index is 884. The van der Waals surface area contributed by atoms with E-state index in [0.717, 1.165) is 45.2 Å². The van der Waals surface area contributed by atoms with Gasteiger partial charge in [0.2, 0.25) is 0 Å². The van der Waals surface area contributed by atoms with Gasteiger partial charge in [0.15, 0.2) is 0 Å². The quantitative estimate of drug-likeness (QED) is 0.686. The number of nitrogens with zero attached hydrogens (tertiary/aromatic N) is 1. The SMILES string of the molecule is COc1ccc(C(=O)NC2CC2)c(OC2CCN(C(C)Cc3ccc(C)cc3)CC2)c1. The number of nitrogens with one attached hydrogen (secondary N) is 1. The van der Waals surface area contributed by atoms with Crippen LogP contribution in [0.25, 0.3) is 0 Å². The fourth-order valence-corrected chi connectivity index (χ4v) is 4.21. The molecule has 1 heterocycles. The Hall–Kier alpha value is -2.53. The van der Waals surface area contributed by atoms with Gasteiger partial charge in [0, 0.05) is 31.2 Å². The molecular formula is C26H34N2O3. The van der Waals surface area contributed by atoms with E-state index in [-0.39, 0.29) is 12.0 Å². The maximum absolute atomic E-state index is 12.7. The van der Waals surface area contributed by atoms with Gasteiger partial charge in [0.25, 0.3) is 5.91 Å². The number of piperidine rings is 1. The summed E-state index contributed by atoms with van der Waals surface area (Å²) < 4.78 is 11.7. The first-order chi connectivity index (χ1) is 15.0. The maximum Gasteiger partial charge on any atom is 0.255 e. The Labute approximate surface area is 185 Å². The van der Waals surface area contributed by atoms with Gasteiger partial charge in [-0.15, -0.1) is 0 Å². The average molecular weight is 423 g/mol. The third-order valence-electron chi connectivity index (χ3n) is 6.39. The van der Waals surface area contributed by atoms with Gasteiger partial charge in [0.05, 0.1) is 12.7 Å². The van der Waals surface area contributed by atoms with Crippen molar-refractivity contribution in [3.8, 4) is 11.5 Å². The molecule has 2 aromatic rings. The van der Waals surface area contributed by atoms with Crippen LogP contribution in [0.4, 0.5) is 0 Å². The summed E-state index contributed by atoms with van der Waals surface area (Å²) in [5.74, 6) is 1.29. The topological polar surface area (TPSA) is 50.8 Å². The van der Waals surface area contributed by atoms with Crippen molar-refractivity contribution in [2.75, 3.05) is 20.2 Å². The highest BCUT2D eigenvalue weighted by Gasteiger charge is 2.28. The number of benzene rings is 2. The minimum absolute atomic E-state index is 0.0516. The first kappa shape index (κ1) is 21.7. The summed E-state index contributed by atoms with van der Waals surface area (Å²) in [4.78, 5) is 15.2. The van der Waals surface area contributed by atoms with Gasteiger partial charge in [0.1, 0.15) is 17.6 Å². The van der Waals surface area contributed by atoms with Crippen molar-refractivity contribution < 1.29 is 14.3 Å². The van der Waals surface area contributed by atoms with Gasteiger partial charge >= 0.3 is 0 Å². The monoisotopic (exact) mass is 422 g/mol. The van der Waals surface area contributed by atoms with E-state index in [1.165, 1.54) is 11.1 Å². The highest BCUT2D eigenvalue weighted by Crippen LogP contribution is 2.29. The maximum atomic E-state index is 12.7. The van der Waals surface area contributed by atoms with Crippen LogP contribution in [0, 0.1) is 6.92 Å². The molecule has 2 aromatic carbocycles. The van der Waals surface area contributed by atoms with E-state index < -0.39 is 0 Å². The van der Waals surface area contributed by atoms with E-state index in [2.05, 4.69) is 48.3 Å². The highest BCUT2D eigenvalue weighted by atomic mass is 16.5. The molecule has 1 saturated heterocycles. The first-order valence-electron chi connectivity index (χ1n) is 11.5. The first-order valence-corrected chi connectivity index (χ1v) is 11.5. The number of hydrogen-bond acceptors (Lipinski definition) is 4. The fraction of sp³-hybridized carbons (Fsp3) is 0.500. The Balaban J connectivity index is 1.34. The predicted octanol–water partition coefficient (Wildman–Crippen LogP) is 4.37. The lowest BCUT2D eigenvalue weighted by Crippen LogP contribution is -2.43. The molecule has 1 unspecified atom stereocenters. The van der Waals surface area contributed by atoms with Crippen LogP contribution in [0.15, 0.2) is 42.5 Å². The normalized spacial score (nSPS) is 18.4. The summed E-state index contributed by atoms with van der Waals surface area (Å²) in [6.45, 7) is 6.45. The number of methoxy groups -OCH3 is 1. The van der Waals surface area contributed by atoms with Crippen molar-refractivity contribution in [2.45, 2.75) is 64.1 Å². The molecule has 5 heteroatoms. The van der Waals surface area contributed by atoms with Gasteiger partial charge < -0.3 is 19.7 Å². The lowest BCUT2D eigenvalue weighted by atomic mass is 10.0. The van der Waals surface area contributed by atoms with E-state index in [4.69, 9.17) is 9.47 Å². The second-order valence-corrected chi connectivity index (χ2v) is 9.00. The molecule has 2 aliphatic rings. The van der Waals surface area contributed by atoms with Gasteiger partial charge in [-0.1, -0.05) is 29.8 Å². The van der Waals surface area contributed by atoms with E-state index >= 15 is 0 Å². The lowest BCUT2D eigenvalue weighted by molar-refractivity contribution is 0.0776. The molecule has 4 rings (SSSR count). The van der Waals surface area contributed by atoms with Gasteiger partial charge in [-0.2, -0.15) is 0 Å². The molecule has 1 aliphatic carbocycles. The number of amides is 1. The third kappa shape index (κ3) is 5.79. The summed E-state index contributed by atoms with van der Waals surface area (Å²) in [6.07, 6.45) is 5.22. The Morgan fingerprint density at radius 2 is 1.81 bits per heavy atom. The van der Waals surface area contributed by atoms with Crippen LogP contribution in [0.5, 0.6) is 11.5 Å². The van der Waals surface area contributed by atoms with Crippen molar-refractivity contribution in [1.29, 1.82) is 0 Å². The fourth-order valence-electron chi connectivity index (χ4n) is 4.21. The third-order valence-corrected chi connectivity index (χ3v) is 6.39. The summed E-state index contributed by atoms with van der Waals surface area (Å²) >= 11 is 0. The van der Waals surface area contributed by atoms with Gasteiger partial charge in [-0.3, -0.25) is 4.79 Å². The number of carbonyl (C=O) groups is 1. The summed E-state index contributed by atoms with van der Waals surface area (Å²) in [5, 5.41) is 3.07. The molecule has 2 fully saturated rings. The van der Waals surface area contributed by atoms with Crippen LogP contribution in [0.2, 0.25) is 0 Å². The molecule has 0 aromatic heterocycles. The zero-order valence-corrected chi connectivity index (χ0v) is 18.9. The molecule has 1 amide bonds. The van der Waals surface area contributed by atoms with Crippen molar-refractivity contribution in [2.24, 2.45) is 0 Å². The zero-order valence-electron chi connectivity index (χ0n) is 18.9. The van der Waals surface area contributed by atoms with E-state index in [1.807, 2.05) is 18.2 Å². The molecule has 31 heavy (non-hydrogen) atoms. The molecule has 166 valence electrons. The van der Waals surface area contributed by atoms with Crippen molar-refractivity contribution in [3.63, 3.8) is 0 Å². The van der Waals surface area contributed by atoms with Gasteiger partial charge in [-0.05, 0) is 63.6 Å². The number of rotatable bonds is 8. The summed E-state index contributed by atoms with van der Waals surface area (Å²) in [5.41, 5.74) is 3.29. The second kappa shape index (κ2) is 9.73. The number of hydrogen-bond donors (Lipinski definition) is 1. The smallest absolute Gasteiger partial charge is 0.255 e. The molecule has 1 aliphatic heterocycles. The molecule has 0 bridgehead atoms. The van der Waals surface area contributed by atoms with Crippen molar-refractivity contribution in [3.05, 3.63) is 59.2 Å². The molecule has 1 N–H and O–H groups in total. The second-order valence-electron chi connectivity index (χ2n) is 9.00. The van der Waals surface area contributed by atoms with Crippen molar-refractivity contribution >= 4 is 5.91 Å². The van der Waals surface area contributed by atoms with Crippen LogP contribution in [-0.4, -0.2) is 49.2 Å². The standard InChI is InChI=1S/C26H34N2O3/c1-18-4-6-20(7-5-18)16-19(2)28-14-12-22(13-15-28)31-25-17-23(30-3)10-11-24(25)26(29)27-21-8-9-21/h4-7,10-11,17,19,21-22H,8-9,12-16H2,1-3H3,(H,27,29). The van der Waals surface area contributed by atoms with Gasteiger partial charge in [-0.25, -0.2) is 0 Å². The minimum Gasteiger partial charge on any atom is -0.497 e. The van der Waals surface area contributed by atoms with E-state index in [0.29, 0.717) is 29.1 Å². The zero-order chi connectivity index (χ0) is 21.8. The molecule has 0 radical (unpaired) electrons. The minimum atomic E-state index is -0.0516. The number of aryl methyl sites for hydroxylation is 1. The number of ether oxygens (including phenoxy) is 2. The van der Waals surface area contributed by atoms with Crippen LogP contribution in [-0.2, 0) is 6.42 Å². The van der Waals surface area contributed by atoms with Crippen LogP contribution in [0.3, 0.4) is 0 Å². The predicted molar refractivity (Wildman–Crippen MR) is 123 cm³/mol. The Morgan fingerprint density at radius 1 is 1.10 bits per heavy atom. The largest absolute Gasteiger partial charge is 0.497 e. The van der Waals surface area contributed by atoms with Crippen LogP contribution >= 0.6 is 0 Å². The number of likely N-dealkylation sites (tertiary alicyclic amines) is 1. The van der Waals surface area contributed by atoms with E-state index in [9.17, 15) is 4.79 Å². The molecule has 1 atom stereocenters.